The van der Waals surface area contributed by atoms with Gasteiger partial charge >= 0.3 is 0 Å². The van der Waals surface area contributed by atoms with Crippen LogP contribution in [0.3, 0.4) is 0 Å². The minimum atomic E-state index is -1.14. The molecular formula is C20H24O6. The average molecular weight is 360 g/mol. The van der Waals surface area contributed by atoms with Gasteiger partial charge in [0.05, 0.1) is 25.9 Å². The fourth-order valence-corrected chi connectivity index (χ4v) is 3.46. The summed E-state index contributed by atoms with van der Waals surface area (Å²) in [5, 5.41) is 30.7. The number of hydrogen-bond acceptors (Lipinski definition) is 6. The Hall–Kier alpha value is -2.44. The zero-order valence-corrected chi connectivity index (χ0v) is 15.3. The lowest BCUT2D eigenvalue weighted by atomic mass is 9.81. The van der Waals surface area contributed by atoms with E-state index in [-0.39, 0.29) is 23.5 Å². The summed E-state index contributed by atoms with van der Waals surface area (Å²) in [7, 11) is 2.96. The largest absolute Gasteiger partial charge is 0.504 e. The molecule has 0 bridgehead atoms. The van der Waals surface area contributed by atoms with Crippen LogP contribution in [0.15, 0.2) is 36.4 Å². The van der Waals surface area contributed by atoms with Crippen molar-refractivity contribution >= 4 is 0 Å². The number of hydrogen-bond donors (Lipinski definition) is 3. The van der Waals surface area contributed by atoms with Crippen LogP contribution in [-0.4, -0.2) is 35.1 Å². The van der Waals surface area contributed by atoms with E-state index in [0.29, 0.717) is 17.1 Å². The molecule has 0 aliphatic carbocycles. The Morgan fingerprint density at radius 1 is 0.923 bits per heavy atom. The van der Waals surface area contributed by atoms with Crippen LogP contribution in [0, 0.1) is 5.92 Å². The maximum Gasteiger partial charge on any atom is 0.160 e. The van der Waals surface area contributed by atoms with Crippen LogP contribution in [0.2, 0.25) is 0 Å². The number of benzene rings is 2. The van der Waals surface area contributed by atoms with Crippen LogP contribution in [0.1, 0.15) is 37.2 Å². The summed E-state index contributed by atoms with van der Waals surface area (Å²) >= 11 is 0. The number of rotatable bonds is 4. The zero-order chi connectivity index (χ0) is 19.1. The lowest BCUT2D eigenvalue weighted by molar-refractivity contribution is -0.0445. The van der Waals surface area contributed by atoms with E-state index in [1.54, 1.807) is 37.3 Å². The lowest BCUT2D eigenvalue weighted by Crippen LogP contribution is -2.34. The van der Waals surface area contributed by atoms with Crippen molar-refractivity contribution in [2.45, 2.75) is 31.7 Å². The summed E-state index contributed by atoms with van der Waals surface area (Å²) in [5.74, 6) is 0.536. The molecule has 4 unspecified atom stereocenters. The molecule has 1 saturated heterocycles. The zero-order valence-electron chi connectivity index (χ0n) is 15.3. The van der Waals surface area contributed by atoms with E-state index < -0.39 is 11.7 Å². The van der Waals surface area contributed by atoms with Gasteiger partial charge in [-0.25, -0.2) is 0 Å². The summed E-state index contributed by atoms with van der Waals surface area (Å²) < 4.78 is 16.6. The van der Waals surface area contributed by atoms with Crippen LogP contribution in [0.5, 0.6) is 23.0 Å². The number of aliphatic hydroxyl groups is 1. The van der Waals surface area contributed by atoms with Gasteiger partial charge in [0.2, 0.25) is 0 Å². The highest BCUT2D eigenvalue weighted by Crippen LogP contribution is 2.52. The molecule has 2 aromatic rings. The van der Waals surface area contributed by atoms with Gasteiger partial charge in [-0.05, 0) is 42.3 Å². The van der Waals surface area contributed by atoms with E-state index >= 15 is 0 Å². The summed E-state index contributed by atoms with van der Waals surface area (Å²) in [6.45, 7) is 3.65. The van der Waals surface area contributed by atoms with E-state index in [1.165, 1.54) is 20.3 Å². The molecule has 6 nitrogen and oxygen atoms in total. The lowest BCUT2D eigenvalue weighted by Gasteiger charge is -2.28. The van der Waals surface area contributed by atoms with Gasteiger partial charge in [-0.15, -0.1) is 0 Å². The fourth-order valence-electron chi connectivity index (χ4n) is 3.46. The molecule has 4 atom stereocenters. The first-order valence-corrected chi connectivity index (χ1v) is 8.41. The molecule has 3 N–H and O–H groups in total. The second-order valence-corrected chi connectivity index (χ2v) is 6.81. The highest BCUT2D eigenvalue weighted by Gasteiger charge is 2.51. The second-order valence-electron chi connectivity index (χ2n) is 6.81. The molecule has 0 radical (unpaired) electrons. The maximum absolute atomic E-state index is 11.1. The minimum Gasteiger partial charge on any atom is -0.504 e. The summed E-state index contributed by atoms with van der Waals surface area (Å²) in [5.41, 5.74) is 0.378. The molecule has 0 saturated carbocycles. The molecule has 0 amide bonds. The van der Waals surface area contributed by atoms with E-state index in [0.717, 1.165) is 5.56 Å². The second kappa shape index (κ2) is 6.70. The van der Waals surface area contributed by atoms with Gasteiger partial charge in [-0.1, -0.05) is 19.1 Å². The van der Waals surface area contributed by atoms with Crippen molar-refractivity contribution in [1.82, 2.24) is 0 Å². The quantitative estimate of drug-likeness (QED) is 0.775. The third-order valence-electron chi connectivity index (χ3n) is 5.23. The molecule has 1 heterocycles. The molecule has 3 rings (SSSR count). The van der Waals surface area contributed by atoms with Gasteiger partial charge in [0, 0.05) is 5.92 Å². The van der Waals surface area contributed by atoms with Crippen LogP contribution in [0.25, 0.3) is 0 Å². The normalized spacial score (nSPS) is 28.1. The first kappa shape index (κ1) is 18.4. The standard InChI is InChI=1S/C20H24O6/c1-11-18(12-5-7-14(21)16(9-12)24-3)26-19(20(11,2)23)13-6-8-15(22)17(10-13)25-4/h5-11,18-19,21-23H,1-4H3. The van der Waals surface area contributed by atoms with Crippen LogP contribution >= 0.6 is 0 Å². The Morgan fingerprint density at radius 2 is 1.42 bits per heavy atom. The van der Waals surface area contributed by atoms with E-state index in [9.17, 15) is 15.3 Å². The number of aromatic hydroxyl groups is 2. The molecule has 6 heteroatoms. The van der Waals surface area contributed by atoms with Gasteiger partial charge in [0.1, 0.15) is 6.10 Å². The first-order chi connectivity index (χ1) is 12.3. The van der Waals surface area contributed by atoms with Crippen molar-refractivity contribution in [1.29, 1.82) is 0 Å². The fraction of sp³-hybridized carbons (Fsp3) is 0.400. The van der Waals surface area contributed by atoms with Crippen LogP contribution in [0.4, 0.5) is 0 Å². The molecule has 1 fully saturated rings. The van der Waals surface area contributed by atoms with Crippen molar-refractivity contribution in [2.75, 3.05) is 14.2 Å². The predicted molar refractivity (Wildman–Crippen MR) is 95.7 cm³/mol. The van der Waals surface area contributed by atoms with E-state index in [4.69, 9.17) is 14.2 Å². The van der Waals surface area contributed by atoms with Crippen molar-refractivity contribution < 1.29 is 29.5 Å². The van der Waals surface area contributed by atoms with Crippen molar-refractivity contribution in [2.24, 2.45) is 5.92 Å². The van der Waals surface area contributed by atoms with Gasteiger partial charge in [0.15, 0.2) is 23.0 Å². The van der Waals surface area contributed by atoms with E-state index in [2.05, 4.69) is 0 Å². The first-order valence-electron chi connectivity index (χ1n) is 8.41. The summed E-state index contributed by atoms with van der Waals surface area (Å²) in [6, 6.07) is 9.93. The van der Waals surface area contributed by atoms with Crippen LogP contribution in [-0.2, 0) is 4.74 Å². The Balaban J connectivity index is 1.98. The Kier molecular flexibility index (Phi) is 4.73. The monoisotopic (exact) mass is 360 g/mol. The number of phenolic OH excluding ortho intramolecular Hbond substituents is 2. The van der Waals surface area contributed by atoms with Crippen molar-refractivity contribution in [3.05, 3.63) is 47.5 Å². The van der Waals surface area contributed by atoms with E-state index in [1.807, 2.05) is 6.92 Å². The molecule has 26 heavy (non-hydrogen) atoms. The highest BCUT2D eigenvalue weighted by molar-refractivity contribution is 5.45. The molecule has 1 aliphatic rings. The SMILES string of the molecule is COc1cc(C2OC(c3ccc(O)c(OC)c3)C(C)(O)C2C)ccc1O. The summed E-state index contributed by atoms with van der Waals surface area (Å²) in [4.78, 5) is 0. The molecule has 1 aliphatic heterocycles. The van der Waals surface area contributed by atoms with Crippen molar-refractivity contribution in [3.63, 3.8) is 0 Å². The molecule has 140 valence electrons. The molecule has 0 spiro atoms. The van der Waals surface area contributed by atoms with Gasteiger partial charge in [0.25, 0.3) is 0 Å². The smallest absolute Gasteiger partial charge is 0.160 e. The third kappa shape index (κ3) is 2.95. The minimum absolute atomic E-state index is 0.0294. The topological polar surface area (TPSA) is 88.4 Å². The molecular weight excluding hydrogens is 336 g/mol. The Labute approximate surface area is 152 Å². The van der Waals surface area contributed by atoms with Gasteiger partial charge in [-0.3, -0.25) is 0 Å². The van der Waals surface area contributed by atoms with Gasteiger partial charge in [-0.2, -0.15) is 0 Å². The number of ether oxygens (including phenoxy) is 3. The maximum atomic E-state index is 11.1. The Bertz CT molecular complexity index is 801. The summed E-state index contributed by atoms with van der Waals surface area (Å²) in [6.07, 6.45) is -0.985. The average Bonchev–Trinajstić information content (AvgIpc) is 2.86. The Morgan fingerprint density at radius 3 is 1.96 bits per heavy atom. The third-order valence-corrected chi connectivity index (χ3v) is 5.23. The number of methoxy groups -OCH3 is 2. The molecule has 2 aromatic carbocycles. The van der Waals surface area contributed by atoms with Gasteiger partial charge < -0.3 is 29.5 Å². The highest BCUT2D eigenvalue weighted by atomic mass is 16.5. The molecule has 0 aromatic heterocycles. The predicted octanol–water partition coefficient (Wildman–Crippen LogP) is 3.31. The van der Waals surface area contributed by atoms with Crippen molar-refractivity contribution in [3.8, 4) is 23.0 Å². The number of phenols is 2. The van der Waals surface area contributed by atoms with Crippen LogP contribution < -0.4 is 9.47 Å².